The van der Waals surface area contributed by atoms with E-state index in [-0.39, 0.29) is 5.41 Å². The summed E-state index contributed by atoms with van der Waals surface area (Å²) in [6.45, 7) is 9.10. The predicted octanol–water partition coefficient (Wildman–Crippen LogP) is 7.56. The Hall–Kier alpha value is -1.64. The van der Waals surface area contributed by atoms with Crippen molar-refractivity contribution in [2.45, 2.75) is 19.3 Å². The van der Waals surface area contributed by atoms with Crippen LogP contribution in [0.25, 0.3) is 27.8 Å². The van der Waals surface area contributed by atoms with E-state index in [1.54, 1.807) is 0 Å². The van der Waals surface area contributed by atoms with E-state index >= 15 is 0 Å². The van der Waals surface area contributed by atoms with Crippen molar-refractivity contribution in [2.24, 2.45) is 0 Å². The highest BCUT2D eigenvalue weighted by Crippen LogP contribution is 2.57. The van der Waals surface area contributed by atoms with Crippen molar-refractivity contribution < 1.29 is 0 Å². The van der Waals surface area contributed by atoms with Crippen LogP contribution in [-0.2, 0) is 5.41 Å². The molecular weight excluding hydrogens is 436 g/mol. The van der Waals surface area contributed by atoms with Crippen molar-refractivity contribution >= 4 is 37.4 Å². The maximum absolute atomic E-state index is 4.46. The summed E-state index contributed by atoms with van der Waals surface area (Å²) in [4.78, 5) is 0. The van der Waals surface area contributed by atoms with Gasteiger partial charge < -0.3 is 0 Å². The van der Waals surface area contributed by atoms with Gasteiger partial charge in [-0.25, -0.2) is 0 Å². The molecule has 0 bridgehead atoms. The van der Waals surface area contributed by atoms with Gasteiger partial charge in [-0.1, -0.05) is 76.6 Å². The summed E-state index contributed by atoms with van der Waals surface area (Å²) in [5.74, 6) is 0. The molecule has 0 aromatic heterocycles. The van der Waals surface area contributed by atoms with Crippen molar-refractivity contribution in [3.8, 4) is 22.3 Å². The van der Waals surface area contributed by atoms with Gasteiger partial charge in [0.15, 0.2) is 0 Å². The molecule has 0 amide bonds. The first kappa shape index (κ1) is 15.6. The second-order valence-corrected chi connectivity index (χ2v) is 9.23. The van der Waals surface area contributed by atoms with Crippen LogP contribution < -0.4 is 0 Å². The van der Waals surface area contributed by atoms with Gasteiger partial charge in [-0.2, -0.15) is 0 Å². The number of halogens is 2. The van der Waals surface area contributed by atoms with Gasteiger partial charge in [0.25, 0.3) is 0 Å². The van der Waals surface area contributed by atoms with Crippen molar-refractivity contribution in [1.82, 2.24) is 0 Å². The lowest BCUT2D eigenvalue weighted by molar-refractivity contribution is 0.660. The predicted molar refractivity (Wildman–Crippen MR) is 113 cm³/mol. The zero-order valence-electron chi connectivity index (χ0n) is 14.1. The number of rotatable bonds is 0. The van der Waals surface area contributed by atoms with E-state index in [2.05, 4.69) is 101 Å². The van der Waals surface area contributed by atoms with Crippen molar-refractivity contribution in [3.63, 3.8) is 0 Å². The summed E-state index contributed by atoms with van der Waals surface area (Å²) in [6, 6.07) is 17.8. The number of hydrogen-bond acceptors (Lipinski definition) is 0. The SMILES string of the molecule is C=C1c2cc(Br)ccc2-c2ccc3c(c21)-c1ccc(Br)cc1C3(C)C. The van der Waals surface area contributed by atoms with E-state index in [0.717, 1.165) is 14.5 Å². The van der Waals surface area contributed by atoms with Crippen LogP contribution in [0.4, 0.5) is 0 Å². The van der Waals surface area contributed by atoms with Crippen LogP contribution in [0.1, 0.15) is 36.1 Å². The minimum absolute atomic E-state index is 0.000878. The number of hydrogen-bond donors (Lipinski definition) is 0. The van der Waals surface area contributed by atoms with Crippen LogP contribution in [0.5, 0.6) is 0 Å². The summed E-state index contributed by atoms with van der Waals surface area (Å²) in [5.41, 5.74) is 11.7. The Bertz CT molecular complexity index is 1100. The Balaban J connectivity index is 1.89. The molecule has 0 heterocycles. The maximum Gasteiger partial charge on any atom is 0.0181 e. The zero-order valence-corrected chi connectivity index (χ0v) is 17.3. The van der Waals surface area contributed by atoms with Crippen molar-refractivity contribution in [3.05, 3.63) is 86.3 Å². The van der Waals surface area contributed by atoms with E-state index < -0.39 is 0 Å². The van der Waals surface area contributed by atoms with Crippen molar-refractivity contribution in [2.75, 3.05) is 0 Å². The monoisotopic (exact) mass is 450 g/mol. The molecular formula is C23H16Br2. The molecule has 2 aliphatic rings. The standard InChI is InChI=1S/C23H16Br2/c1-12-18-10-13(24)4-6-15(18)16-8-9-19-22(21(12)16)17-7-5-14(25)11-20(17)23(19,2)3/h4-11H,1H2,2-3H3. The summed E-state index contributed by atoms with van der Waals surface area (Å²) in [6.07, 6.45) is 0. The van der Waals surface area contributed by atoms with Gasteiger partial charge in [-0.05, 0) is 74.3 Å². The highest BCUT2D eigenvalue weighted by atomic mass is 79.9. The minimum Gasteiger partial charge on any atom is -0.0905 e. The first-order valence-corrected chi connectivity index (χ1v) is 9.95. The molecule has 0 aliphatic heterocycles. The van der Waals surface area contributed by atoms with Gasteiger partial charge in [0.1, 0.15) is 0 Å². The molecule has 0 radical (unpaired) electrons. The van der Waals surface area contributed by atoms with Gasteiger partial charge in [-0.3, -0.25) is 0 Å². The zero-order chi connectivity index (χ0) is 17.5. The summed E-state index contributed by atoms with van der Waals surface area (Å²) < 4.78 is 2.23. The molecule has 0 saturated carbocycles. The van der Waals surface area contributed by atoms with Gasteiger partial charge in [0.05, 0.1) is 0 Å². The summed E-state index contributed by atoms with van der Waals surface area (Å²) in [7, 11) is 0. The first-order chi connectivity index (χ1) is 11.9. The molecule has 0 nitrogen and oxygen atoms in total. The Labute approximate surface area is 164 Å². The van der Waals surface area contributed by atoms with Crippen LogP contribution in [0.2, 0.25) is 0 Å². The average molecular weight is 452 g/mol. The second-order valence-electron chi connectivity index (χ2n) is 7.39. The van der Waals surface area contributed by atoms with E-state index in [1.807, 2.05) is 0 Å². The molecule has 0 atom stereocenters. The normalized spacial score (nSPS) is 15.6. The van der Waals surface area contributed by atoms with Crippen LogP contribution >= 0.6 is 31.9 Å². The molecule has 0 N–H and O–H groups in total. The molecule has 25 heavy (non-hydrogen) atoms. The molecule has 2 heteroatoms. The fraction of sp³-hybridized carbons (Fsp3) is 0.130. The van der Waals surface area contributed by atoms with Gasteiger partial charge in [-0.15, -0.1) is 0 Å². The molecule has 3 aromatic carbocycles. The Kier molecular flexibility index (Phi) is 3.09. The quantitative estimate of drug-likeness (QED) is 0.258. The lowest BCUT2D eigenvalue weighted by atomic mass is 9.81. The molecule has 0 spiro atoms. The second kappa shape index (κ2) is 4.96. The average Bonchev–Trinajstić information content (AvgIpc) is 2.98. The molecule has 5 rings (SSSR count). The lowest BCUT2D eigenvalue weighted by Gasteiger charge is -2.22. The Morgan fingerprint density at radius 3 is 2.08 bits per heavy atom. The molecule has 0 fully saturated rings. The third-order valence-corrected chi connectivity index (χ3v) is 6.69. The van der Waals surface area contributed by atoms with Gasteiger partial charge in [0, 0.05) is 14.4 Å². The van der Waals surface area contributed by atoms with Crippen LogP contribution in [0.3, 0.4) is 0 Å². The summed E-state index contributed by atoms with van der Waals surface area (Å²) >= 11 is 7.25. The Morgan fingerprint density at radius 2 is 1.32 bits per heavy atom. The van der Waals surface area contributed by atoms with E-state index in [0.29, 0.717) is 0 Å². The largest absolute Gasteiger partial charge is 0.0905 e. The van der Waals surface area contributed by atoms with Gasteiger partial charge in [0.2, 0.25) is 0 Å². The number of benzene rings is 3. The lowest BCUT2D eigenvalue weighted by Crippen LogP contribution is -2.15. The van der Waals surface area contributed by atoms with E-state index in [9.17, 15) is 0 Å². The molecule has 2 aliphatic carbocycles. The fourth-order valence-electron chi connectivity index (χ4n) is 4.47. The molecule has 0 saturated heterocycles. The third-order valence-electron chi connectivity index (χ3n) is 5.70. The highest BCUT2D eigenvalue weighted by Gasteiger charge is 2.39. The van der Waals surface area contributed by atoms with E-state index in [4.69, 9.17) is 0 Å². The van der Waals surface area contributed by atoms with E-state index in [1.165, 1.54) is 44.5 Å². The smallest absolute Gasteiger partial charge is 0.0181 e. The number of fused-ring (bicyclic) bond motifs is 7. The summed E-state index contributed by atoms with van der Waals surface area (Å²) in [5, 5.41) is 0. The molecule has 0 unspecified atom stereocenters. The minimum atomic E-state index is -0.000878. The third kappa shape index (κ3) is 1.93. The van der Waals surface area contributed by atoms with Gasteiger partial charge >= 0.3 is 0 Å². The van der Waals surface area contributed by atoms with Crippen LogP contribution in [-0.4, -0.2) is 0 Å². The maximum atomic E-state index is 4.46. The first-order valence-electron chi connectivity index (χ1n) is 8.37. The topological polar surface area (TPSA) is 0 Å². The van der Waals surface area contributed by atoms with Crippen LogP contribution in [0.15, 0.2) is 64.1 Å². The van der Waals surface area contributed by atoms with Crippen LogP contribution in [0, 0.1) is 0 Å². The highest BCUT2D eigenvalue weighted by molar-refractivity contribution is 9.10. The molecule has 3 aromatic rings. The fourth-order valence-corrected chi connectivity index (χ4v) is 5.20. The molecule has 122 valence electrons. The Morgan fingerprint density at radius 1 is 0.680 bits per heavy atom. The van der Waals surface area contributed by atoms with Crippen molar-refractivity contribution in [1.29, 1.82) is 0 Å².